The van der Waals surface area contributed by atoms with Crippen LogP contribution in [-0.2, 0) is 0 Å². The number of nitrogens with zero attached hydrogens (tertiary/aromatic N) is 2. The summed E-state index contributed by atoms with van der Waals surface area (Å²) in [5.41, 5.74) is 1.35. The second kappa shape index (κ2) is 7.74. The lowest BCUT2D eigenvalue weighted by atomic mass is 10.2. The fraction of sp³-hybridized carbons (Fsp3) is 0.571. The molecular formula is C14H24N4O. The molecule has 0 bridgehead atoms. The largest absolute Gasteiger partial charge is 0.387 e. The molecule has 0 saturated heterocycles. The molecular weight excluding hydrogens is 240 g/mol. The van der Waals surface area contributed by atoms with E-state index < -0.39 is 0 Å². The molecule has 19 heavy (non-hydrogen) atoms. The fourth-order valence-electron chi connectivity index (χ4n) is 1.64. The molecule has 1 atom stereocenters. The molecule has 0 spiro atoms. The molecule has 1 unspecified atom stereocenters. The van der Waals surface area contributed by atoms with Gasteiger partial charge in [0.05, 0.1) is 11.9 Å². The first-order valence-corrected chi connectivity index (χ1v) is 6.70. The Balaban J connectivity index is 2.38. The summed E-state index contributed by atoms with van der Waals surface area (Å²) in [7, 11) is 3.89. The number of hydrogen-bond donors (Lipinski definition) is 2. The van der Waals surface area contributed by atoms with E-state index in [1.54, 1.807) is 12.3 Å². The summed E-state index contributed by atoms with van der Waals surface area (Å²) in [6.07, 6.45) is 2.76. The van der Waals surface area contributed by atoms with Crippen LogP contribution in [-0.4, -0.2) is 49.0 Å². The number of rotatable bonds is 7. The molecule has 1 heterocycles. The summed E-state index contributed by atoms with van der Waals surface area (Å²) in [6, 6.07) is 4.09. The van der Waals surface area contributed by atoms with Gasteiger partial charge in [0.1, 0.15) is 5.69 Å². The Bertz CT molecular complexity index is 391. The molecule has 0 aliphatic rings. The first-order valence-electron chi connectivity index (χ1n) is 6.70. The van der Waals surface area contributed by atoms with Crippen LogP contribution >= 0.6 is 0 Å². The second-order valence-corrected chi connectivity index (χ2v) is 4.68. The molecule has 0 aromatic carbocycles. The van der Waals surface area contributed by atoms with Gasteiger partial charge in [-0.25, -0.2) is 4.98 Å². The lowest BCUT2D eigenvalue weighted by Crippen LogP contribution is -2.37. The van der Waals surface area contributed by atoms with Crippen LogP contribution in [0.5, 0.6) is 0 Å². The minimum Gasteiger partial charge on any atom is -0.387 e. The van der Waals surface area contributed by atoms with E-state index in [-0.39, 0.29) is 5.91 Å². The van der Waals surface area contributed by atoms with Crippen molar-refractivity contribution >= 4 is 11.6 Å². The van der Waals surface area contributed by atoms with E-state index in [1.807, 2.05) is 13.1 Å². The monoisotopic (exact) mass is 264 g/mol. The van der Waals surface area contributed by atoms with Gasteiger partial charge in [0.15, 0.2) is 0 Å². The highest BCUT2D eigenvalue weighted by molar-refractivity contribution is 5.92. The van der Waals surface area contributed by atoms with Crippen molar-refractivity contribution in [1.29, 1.82) is 0 Å². The summed E-state index contributed by atoms with van der Waals surface area (Å²) in [4.78, 5) is 18.2. The molecule has 0 saturated carbocycles. The number of hydrogen-bond acceptors (Lipinski definition) is 4. The Morgan fingerprint density at radius 3 is 2.74 bits per heavy atom. The summed E-state index contributed by atoms with van der Waals surface area (Å²) >= 11 is 0. The summed E-state index contributed by atoms with van der Waals surface area (Å²) in [5.74, 6) is -0.125. The SMILES string of the molecule is CCC(C)N(C)CCNC(=O)c1ccc(NC)cn1. The molecule has 106 valence electrons. The van der Waals surface area contributed by atoms with Gasteiger partial charge in [0.2, 0.25) is 0 Å². The minimum atomic E-state index is -0.125. The van der Waals surface area contributed by atoms with E-state index in [1.165, 1.54) is 0 Å². The van der Waals surface area contributed by atoms with E-state index in [0.29, 0.717) is 18.3 Å². The van der Waals surface area contributed by atoms with Crippen molar-refractivity contribution in [3.63, 3.8) is 0 Å². The van der Waals surface area contributed by atoms with E-state index in [2.05, 4.69) is 41.4 Å². The van der Waals surface area contributed by atoms with Crippen LogP contribution in [0.4, 0.5) is 5.69 Å². The van der Waals surface area contributed by atoms with Crippen molar-refractivity contribution in [3.8, 4) is 0 Å². The van der Waals surface area contributed by atoms with Crippen LogP contribution in [0.25, 0.3) is 0 Å². The normalized spacial score (nSPS) is 12.3. The number of anilines is 1. The van der Waals surface area contributed by atoms with Crippen LogP contribution in [0, 0.1) is 0 Å². The molecule has 1 amide bonds. The van der Waals surface area contributed by atoms with E-state index in [4.69, 9.17) is 0 Å². The highest BCUT2D eigenvalue weighted by Crippen LogP contribution is 2.04. The minimum absolute atomic E-state index is 0.125. The van der Waals surface area contributed by atoms with Gasteiger partial charge in [-0.15, -0.1) is 0 Å². The topological polar surface area (TPSA) is 57.3 Å². The number of amides is 1. The Labute approximate surface area is 115 Å². The van der Waals surface area contributed by atoms with Crippen molar-refractivity contribution in [3.05, 3.63) is 24.0 Å². The third-order valence-corrected chi connectivity index (χ3v) is 3.38. The smallest absolute Gasteiger partial charge is 0.269 e. The molecule has 0 aliphatic heterocycles. The maximum atomic E-state index is 11.9. The molecule has 5 nitrogen and oxygen atoms in total. The number of nitrogens with one attached hydrogen (secondary N) is 2. The Morgan fingerprint density at radius 2 is 2.21 bits per heavy atom. The van der Waals surface area contributed by atoms with Crippen LogP contribution in [0.1, 0.15) is 30.8 Å². The zero-order valence-electron chi connectivity index (χ0n) is 12.2. The number of likely N-dealkylation sites (N-methyl/N-ethyl adjacent to an activating group) is 1. The Morgan fingerprint density at radius 1 is 1.47 bits per heavy atom. The summed E-state index contributed by atoms with van der Waals surface area (Å²) in [6.45, 7) is 5.82. The van der Waals surface area contributed by atoms with E-state index in [9.17, 15) is 4.79 Å². The van der Waals surface area contributed by atoms with Crippen molar-refractivity contribution < 1.29 is 4.79 Å². The van der Waals surface area contributed by atoms with Crippen LogP contribution in [0.2, 0.25) is 0 Å². The van der Waals surface area contributed by atoms with Gasteiger partial charge in [-0.2, -0.15) is 0 Å². The first-order chi connectivity index (χ1) is 9.08. The van der Waals surface area contributed by atoms with Gasteiger partial charge >= 0.3 is 0 Å². The zero-order chi connectivity index (χ0) is 14.3. The lowest BCUT2D eigenvalue weighted by molar-refractivity contribution is 0.0942. The third kappa shape index (κ3) is 4.87. The van der Waals surface area contributed by atoms with Gasteiger partial charge in [-0.3, -0.25) is 4.79 Å². The van der Waals surface area contributed by atoms with Crippen molar-refractivity contribution in [2.45, 2.75) is 26.3 Å². The fourth-order valence-corrected chi connectivity index (χ4v) is 1.64. The molecule has 0 radical (unpaired) electrons. The Kier molecular flexibility index (Phi) is 6.29. The highest BCUT2D eigenvalue weighted by Gasteiger charge is 2.09. The summed E-state index contributed by atoms with van der Waals surface area (Å²) < 4.78 is 0. The van der Waals surface area contributed by atoms with Gasteiger partial charge in [0.25, 0.3) is 5.91 Å². The Hall–Kier alpha value is -1.62. The molecule has 0 fully saturated rings. The van der Waals surface area contributed by atoms with E-state index in [0.717, 1.165) is 18.7 Å². The number of carbonyl (C=O) groups excluding carboxylic acids is 1. The van der Waals surface area contributed by atoms with E-state index >= 15 is 0 Å². The predicted molar refractivity (Wildman–Crippen MR) is 78.5 cm³/mol. The standard InChI is InChI=1S/C14H24N4O/c1-5-11(2)18(4)9-8-16-14(19)13-7-6-12(15-3)10-17-13/h6-7,10-11,15H,5,8-9H2,1-4H3,(H,16,19). The molecule has 1 aromatic heterocycles. The molecule has 0 aliphatic carbocycles. The number of pyridine rings is 1. The van der Waals surface area contributed by atoms with Crippen LogP contribution in [0.3, 0.4) is 0 Å². The highest BCUT2D eigenvalue weighted by atomic mass is 16.1. The predicted octanol–water partition coefficient (Wildman–Crippen LogP) is 1.58. The lowest BCUT2D eigenvalue weighted by Gasteiger charge is -2.23. The average molecular weight is 264 g/mol. The number of carbonyl (C=O) groups is 1. The maximum absolute atomic E-state index is 11.9. The van der Waals surface area contributed by atoms with Crippen molar-refractivity contribution in [2.24, 2.45) is 0 Å². The first kappa shape index (κ1) is 15.4. The molecule has 1 rings (SSSR count). The molecule has 5 heteroatoms. The van der Waals surface area contributed by atoms with Gasteiger partial charge in [-0.1, -0.05) is 6.92 Å². The van der Waals surface area contributed by atoms with Crippen LogP contribution < -0.4 is 10.6 Å². The zero-order valence-corrected chi connectivity index (χ0v) is 12.2. The van der Waals surface area contributed by atoms with Crippen molar-refractivity contribution in [1.82, 2.24) is 15.2 Å². The maximum Gasteiger partial charge on any atom is 0.269 e. The number of aromatic nitrogens is 1. The van der Waals surface area contributed by atoms with Gasteiger partial charge in [0, 0.05) is 26.2 Å². The second-order valence-electron chi connectivity index (χ2n) is 4.68. The third-order valence-electron chi connectivity index (χ3n) is 3.38. The van der Waals surface area contributed by atoms with Gasteiger partial charge < -0.3 is 15.5 Å². The quantitative estimate of drug-likeness (QED) is 0.785. The van der Waals surface area contributed by atoms with Crippen molar-refractivity contribution in [2.75, 3.05) is 32.5 Å². The summed E-state index contributed by atoms with van der Waals surface area (Å²) in [5, 5.41) is 5.85. The molecule has 1 aromatic rings. The molecule has 2 N–H and O–H groups in total. The average Bonchev–Trinajstić information content (AvgIpc) is 2.46. The van der Waals surface area contributed by atoms with Crippen LogP contribution in [0.15, 0.2) is 18.3 Å². The van der Waals surface area contributed by atoms with Gasteiger partial charge in [-0.05, 0) is 32.5 Å².